The minimum Gasteiger partial charge on any atom is -0.277 e. The molecule has 10 aromatic rings. The van der Waals surface area contributed by atoms with Gasteiger partial charge in [0.1, 0.15) is 0 Å². The molecule has 0 aliphatic heterocycles. The number of aryl methyl sites for hydroxylation is 1. The number of H-pyrrole nitrogens is 3. The summed E-state index contributed by atoms with van der Waals surface area (Å²) < 4.78 is 0. The first-order valence-corrected chi connectivity index (χ1v) is 19.3. The highest BCUT2D eigenvalue weighted by Crippen LogP contribution is 2.41. The van der Waals surface area contributed by atoms with E-state index in [0.29, 0.717) is 0 Å². The summed E-state index contributed by atoms with van der Waals surface area (Å²) in [6, 6.07) is 48.3. The maximum absolute atomic E-state index is 4.51. The highest BCUT2D eigenvalue weighted by Gasteiger charge is 2.25. The zero-order chi connectivity index (χ0) is 36.6. The fourth-order valence-corrected chi connectivity index (χ4v) is 8.63. The zero-order valence-corrected chi connectivity index (χ0v) is 30.6. The number of hydrogen-bond donors (Lipinski definition) is 3. The van der Waals surface area contributed by atoms with Gasteiger partial charge in [-0.1, -0.05) is 115 Å². The molecule has 3 N–H and O–H groups in total. The maximum Gasteiger partial charge on any atom is 0.0999 e. The molecule has 5 aromatic heterocycles. The van der Waals surface area contributed by atoms with Crippen LogP contribution in [-0.4, -0.2) is 35.6 Å². The molecular formula is C47H35N7S. The van der Waals surface area contributed by atoms with Crippen molar-refractivity contribution in [2.75, 3.05) is 0 Å². The van der Waals surface area contributed by atoms with Crippen LogP contribution in [0, 0.1) is 0 Å². The van der Waals surface area contributed by atoms with Crippen LogP contribution in [0.2, 0.25) is 0 Å². The van der Waals surface area contributed by atoms with Gasteiger partial charge in [-0.2, -0.15) is 15.3 Å². The van der Waals surface area contributed by atoms with Crippen LogP contribution in [0.1, 0.15) is 22.3 Å². The van der Waals surface area contributed by atoms with E-state index in [9.17, 15) is 0 Å². The van der Waals surface area contributed by atoms with Gasteiger partial charge in [-0.05, 0) is 59.0 Å². The van der Waals surface area contributed by atoms with Gasteiger partial charge in [-0.25, -0.2) is 0 Å². The molecule has 0 bridgehead atoms. The van der Waals surface area contributed by atoms with Crippen molar-refractivity contribution in [3.8, 4) is 55.6 Å². The van der Waals surface area contributed by atoms with Crippen LogP contribution < -0.4 is 0 Å². The van der Waals surface area contributed by atoms with Gasteiger partial charge in [-0.15, -0.1) is 11.3 Å². The van der Waals surface area contributed by atoms with E-state index in [0.717, 1.165) is 53.0 Å². The second kappa shape index (κ2) is 14.2. The molecule has 0 spiro atoms. The largest absolute Gasteiger partial charge is 0.277 e. The number of nitrogens with zero attached hydrogens (tertiary/aromatic N) is 4. The molecule has 2 aliphatic carbocycles. The summed E-state index contributed by atoms with van der Waals surface area (Å²) in [6.45, 7) is 0. The molecule has 5 aromatic carbocycles. The Morgan fingerprint density at radius 2 is 1.18 bits per heavy atom. The van der Waals surface area contributed by atoms with E-state index < -0.39 is 0 Å². The monoisotopic (exact) mass is 729 g/mol. The number of pyridine rings is 1. The number of benzene rings is 5. The topological polar surface area (TPSA) is 98.9 Å². The first kappa shape index (κ1) is 32.7. The molecular weight excluding hydrogens is 695 g/mol. The average Bonchev–Trinajstić information content (AvgIpc) is 4.11. The van der Waals surface area contributed by atoms with E-state index >= 15 is 0 Å². The molecule has 0 unspecified atom stereocenters. The van der Waals surface area contributed by atoms with E-state index in [2.05, 4.69) is 150 Å². The van der Waals surface area contributed by atoms with Crippen LogP contribution in [0.4, 0.5) is 0 Å². The molecule has 7 nitrogen and oxygen atoms in total. The lowest BCUT2D eigenvalue weighted by Crippen LogP contribution is -2.03. The van der Waals surface area contributed by atoms with Crippen LogP contribution >= 0.6 is 11.3 Å². The molecule has 0 atom stereocenters. The molecule has 2 aliphatic rings. The lowest BCUT2D eigenvalue weighted by atomic mass is 9.88. The van der Waals surface area contributed by atoms with Gasteiger partial charge < -0.3 is 0 Å². The Bertz CT molecular complexity index is 2890. The van der Waals surface area contributed by atoms with Crippen LogP contribution in [-0.2, 0) is 19.3 Å². The van der Waals surface area contributed by atoms with E-state index in [-0.39, 0.29) is 0 Å². The van der Waals surface area contributed by atoms with Crippen molar-refractivity contribution in [1.29, 1.82) is 0 Å². The molecule has 55 heavy (non-hydrogen) atoms. The normalized spacial score (nSPS) is 12.1. The van der Waals surface area contributed by atoms with Crippen molar-refractivity contribution >= 4 is 33.0 Å². The second-order valence-corrected chi connectivity index (χ2v) is 14.7. The van der Waals surface area contributed by atoms with Gasteiger partial charge in [0.05, 0.1) is 38.9 Å². The lowest BCUT2D eigenvalue weighted by Gasteiger charge is -2.16. The summed E-state index contributed by atoms with van der Waals surface area (Å²) in [4.78, 5) is 5.34. The van der Waals surface area contributed by atoms with Crippen molar-refractivity contribution in [2.45, 2.75) is 19.3 Å². The minimum absolute atomic E-state index is 0.995. The van der Waals surface area contributed by atoms with Crippen molar-refractivity contribution in [3.05, 3.63) is 180 Å². The minimum atomic E-state index is 0.995. The van der Waals surface area contributed by atoms with Gasteiger partial charge >= 0.3 is 0 Å². The molecule has 0 saturated heterocycles. The Morgan fingerprint density at radius 3 is 2.04 bits per heavy atom. The predicted molar refractivity (Wildman–Crippen MR) is 224 cm³/mol. The van der Waals surface area contributed by atoms with Crippen molar-refractivity contribution < 1.29 is 0 Å². The molecule has 0 fully saturated rings. The van der Waals surface area contributed by atoms with Crippen LogP contribution in [0.15, 0.2) is 157 Å². The molecule has 0 amide bonds. The third-order valence-corrected chi connectivity index (χ3v) is 11.4. The predicted octanol–water partition coefficient (Wildman–Crippen LogP) is 11.3. The Morgan fingerprint density at radius 1 is 0.473 bits per heavy atom. The quantitative estimate of drug-likeness (QED) is 0.169. The van der Waals surface area contributed by atoms with Crippen molar-refractivity contribution in [1.82, 2.24) is 35.6 Å². The summed E-state index contributed by atoms with van der Waals surface area (Å²) >= 11 is 1.75. The number of thiophene rings is 1. The maximum atomic E-state index is 4.51. The van der Waals surface area contributed by atoms with Gasteiger partial charge in [-0.3, -0.25) is 20.3 Å². The fraction of sp³-hybridized carbons (Fsp3) is 0.0638. The SMILES string of the molecule is c1ccc(-c2n[nH]c3c2ccc2ccccc23)cc1.c1ccc2c(c1)CCc1c(-c3ccncc3)n[nH]c1-2.c1csc(-c2[nH]nc3c2Cc2ccccc2-3)c1. The average molecular weight is 730 g/mol. The molecule has 0 radical (unpaired) electrons. The third-order valence-electron chi connectivity index (χ3n) is 10.5. The van der Waals surface area contributed by atoms with Gasteiger partial charge in [0, 0.05) is 63.0 Å². The first-order valence-electron chi connectivity index (χ1n) is 18.5. The summed E-state index contributed by atoms with van der Waals surface area (Å²) in [6.07, 6.45) is 6.75. The molecule has 0 saturated carbocycles. The lowest BCUT2D eigenvalue weighted by molar-refractivity contribution is 0.943. The van der Waals surface area contributed by atoms with E-state index in [1.165, 1.54) is 65.8 Å². The number of rotatable bonds is 3. The number of hydrogen-bond acceptors (Lipinski definition) is 5. The van der Waals surface area contributed by atoms with E-state index in [1.807, 2.05) is 42.7 Å². The summed E-state index contributed by atoms with van der Waals surface area (Å²) in [5, 5.41) is 28.8. The molecule has 12 rings (SSSR count). The first-order chi connectivity index (χ1) is 27.3. The van der Waals surface area contributed by atoms with Gasteiger partial charge in [0.25, 0.3) is 0 Å². The molecule has 264 valence electrons. The fourth-order valence-electron chi connectivity index (χ4n) is 7.88. The second-order valence-electron chi connectivity index (χ2n) is 13.7. The summed E-state index contributed by atoms with van der Waals surface area (Å²) in [7, 11) is 0. The third kappa shape index (κ3) is 6.02. The Kier molecular flexibility index (Phi) is 8.42. The standard InChI is InChI=1S/C17H12N2.C16H13N3.C14H10N2S/c1-2-7-13(8-3-1)16-15-11-10-12-6-4-5-9-14(12)17(15)19-18-16;1-2-4-13-11(3-1)5-6-14-15(18-19-16(13)14)12-7-9-17-10-8-12;1-2-5-10-9(4-1)8-11-13(10)15-16-14(11)12-6-3-7-17-12/h1-11H,(H,18,19);1-4,7-10H,5-6H2,(H,18,19);1-7H,8H2,(H,15,16). The van der Waals surface area contributed by atoms with Gasteiger partial charge in [0.2, 0.25) is 0 Å². The highest BCUT2D eigenvalue weighted by molar-refractivity contribution is 7.13. The number of fused-ring (bicyclic) bond motifs is 9. The summed E-state index contributed by atoms with van der Waals surface area (Å²) in [5.41, 5.74) is 17.0. The molecule has 8 heteroatoms. The van der Waals surface area contributed by atoms with Crippen molar-refractivity contribution in [2.24, 2.45) is 0 Å². The molecule has 5 heterocycles. The zero-order valence-electron chi connectivity index (χ0n) is 29.8. The van der Waals surface area contributed by atoms with Crippen LogP contribution in [0.3, 0.4) is 0 Å². The van der Waals surface area contributed by atoms with Crippen LogP contribution in [0.5, 0.6) is 0 Å². The number of aromatic amines is 3. The number of nitrogens with one attached hydrogen (secondary N) is 3. The highest BCUT2D eigenvalue weighted by atomic mass is 32.1. The summed E-state index contributed by atoms with van der Waals surface area (Å²) in [5.74, 6) is 0. The smallest absolute Gasteiger partial charge is 0.0999 e. The van der Waals surface area contributed by atoms with Crippen LogP contribution in [0.25, 0.3) is 77.3 Å². The number of aromatic nitrogens is 7. The van der Waals surface area contributed by atoms with E-state index in [1.54, 1.807) is 11.3 Å². The Balaban J connectivity index is 0.000000102. The Labute approximate surface area is 321 Å². The van der Waals surface area contributed by atoms with Crippen molar-refractivity contribution in [3.63, 3.8) is 0 Å². The Hall–Kier alpha value is -6.90. The van der Waals surface area contributed by atoms with Gasteiger partial charge in [0.15, 0.2) is 0 Å². The van der Waals surface area contributed by atoms with E-state index in [4.69, 9.17) is 0 Å².